The predicted molar refractivity (Wildman–Crippen MR) is 71.6 cm³/mol. The van der Waals surface area contributed by atoms with Crippen LogP contribution in [0, 0.1) is 0 Å². The van der Waals surface area contributed by atoms with E-state index in [0.717, 1.165) is 37.9 Å². The molecular weight excluding hydrogens is 226 g/mol. The van der Waals surface area contributed by atoms with E-state index in [9.17, 15) is 4.79 Å². The molecule has 0 radical (unpaired) electrons. The van der Waals surface area contributed by atoms with Crippen molar-refractivity contribution in [2.75, 3.05) is 0 Å². The van der Waals surface area contributed by atoms with Gasteiger partial charge >= 0.3 is 5.97 Å². The minimum atomic E-state index is -0.0632. The number of rotatable bonds is 4. The SMILES string of the molecule is CCCc1cc2n(c1)CCCC2C(=O)OC(C)C. The zero-order valence-corrected chi connectivity index (χ0v) is 11.6. The van der Waals surface area contributed by atoms with Gasteiger partial charge in [-0.2, -0.15) is 0 Å². The van der Waals surface area contributed by atoms with Crippen molar-refractivity contribution in [3.05, 3.63) is 23.5 Å². The van der Waals surface area contributed by atoms with Crippen molar-refractivity contribution in [1.82, 2.24) is 4.57 Å². The van der Waals surface area contributed by atoms with Crippen LogP contribution in [0.2, 0.25) is 0 Å². The molecule has 0 aromatic carbocycles. The lowest BCUT2D eigenvalue weighted by atomic mass is 9.96. The van der Waals surface area contributed by atoms with Crippen LogP contribution in [0.3, 0.4) is 0 Å². The number of carbonyl (C=O) groups is 1. The summed E-state index contributed by atoms with van der Waals surface area (Å²) in [6.07, 6.45) is 6.38. The second-order valence-corrected chi connectivity index (χ2v) is 5.40. The topological polar surface area (TPSA) is 31.2 Å². The molecule has 0 saturated carbocycles. The molecule has 3 heteroatoms. The van der Waals surface area contributed by atoms with Gasteiger partial charge < -0.3 is 9.30 Å². The van der Waals surface area contributed by atoms with Gasteiger partial charge in [0.25, 0.3) is 0 Å². The van der Waals surface area contributed by atoms with E-state index in [2.05, 4.69) is 23.8 Å². The number of fused-ring (bicyclic) bond motifs is 1. The van der Waals surface area contributed by atoms with E-state index in [1.807, 2.05) is 13.8 Å². The van der Waals surface area contributed by atoms with Gasteiger partial charge in [-0.1, -0.05) is 13.3 Å². The van der Waals surface area contributed by atoms with Crippen molar-refractivity contribution in [2.45, 2.75) is 65.0 Å². The Morgan fingerprint density at radius 3 is 3.00 bits per heavy atom. The average molecular weight is 249 g/mol. The fourth-order valence-corrected chi connectivity index (χ4v) is 2.67. The lowest BCUT2D eigenvalue weighted by Crippen LogP contribution is -2.25. The summed E-state index contributed by atoms with van der Waals surface area (Å²) < 4.78 is 7.60. The van der Waals surface area contributed by atoms with Crippen LogP contribution in [-0.2, 0) is 22.5 Å². The van der Waals surface area contributed by atoms with E-state index in [0.29, 0.717) is 0 Å². The van der Waals surface area contributed by atoms with E-state index in [-0.39, 0.29) is 18.0 Å². The number of esters is 1. The average Bonchev–Trinajstić information content (AvgIpc) is 2.70. The first-order valence-corrected chi connectivity index (χ1v) is 7.01. The Labute approximate surface area is 109 Å². The molecule has 1 atom stereocenters. The number of nitrogens with zero attached hydrogens (tertiary/aromatic N) is 1. The molecule has 0 saturated heterocycles. The van der Waals surface area contributed by atoms with Crippen LogP contribution in [0.4, 0.5) is 0 Å². The van der Waals surface area contributed by atoms with Gasteiger partial charge in [-0.3, -0.25) is 4.79 Å². The van der Waals surface area contributed by atoms with Crippen LogP contribution >= 0.6 is 0 Å². The van der Waals surface area contributed by atoms with Gasteiger partial charge in [0.2, 0.25) is 0 Å². The molecule has 0 fully saturated rings. The van der Waals surface area contributed by atoms with Crippen LogP contribution in [0.15, 0.2) is 12.3 Å². The predicted octanol–water partition coefficient (Wildman–Crippen LogP) is 3.27. The Morgan fingerprint density at radius 2 is 2.33 bits per heavy atom. The number of carbonyl (C=O) groups excluding carboxylic acids is 1. The van der Waals surface area contributed by atoms with Crippen molar-refractivity contribution in [3.8, 4) is 0 Å². The highest BCUT2D eigenvalue weighted by molar-refractivity contribution is 5.78. The molecule has 1 aliphatic heterocycles. The van der Waals surface area contributed by atoms with Crippen molar-refractivity contribution >= 4 is 5.97 Å². The smallest absolute Gasteiger partial charge is 0.315 e. The van der Waals surface area contributed by atoms with E-state index in [4.69, 9.17) is 4.74 Å². The number of hydrogen-bond acceptors (Lipinski definition) is 2. The molecule has 2 heterocycles. The summed E-state index contributed by atoms with van der Waals surface area (Å²) in [6, 6.07) is 2.19. The van der Waals surface area contributed by atoms with Gasteiger partial charge in [-0.25, -0.2) is 0 Å². The van der Waals surface area contributed by atoms with Gasteiger partial charge in [0.1, 0.15) is 0 Å². The first-order valence-electron chi connectivity index (χ1n) is 7.01. The molecule has 2 rings (SSSR count). The molecule has 3 nitrogen and oxygen atoms in total. The first kappa shape index (κ1) is 13.2. The van der Waals surface area contributed by atoms with E-state index in [1.54, 1.807) is 0 Å². The Kier molecular flexibility index (Phi) is 4.10. The van der Waals surface area contributed by atoms with Crippen molar-refractivity contribution < 1.29 is 9.53 Å². The lowest BCUT2D eigenvalue weighted by Gasteiger charge is -2.24. The zero-order chi connectivity index (χ0) is 13.1. The summed E-state index contributed by atoms with van der Waals surface area (Å²) in [6.45, 7) is 7.02. The van der Waals surface area contributed by atoms with Crippen LogP contribution in [0.25, 0.3) is 0 Å². The molecule has 1 aromatic heterocycles. The van der Waals surface area contributed by atoms with Crippen molar-refractivity contribution in [3.63, 3.8) is 0 Å². The highest BCUT2D eigenvalue weighted by Crippen LogP contribution is 2.30. The molecule has 0 bridgehead atoms. The molecule has 0 aliphatic carbocycles. The summed E-state index contributed by atoms with van der Waals surface area (Å²) in [5.74, 6) is -0.126. The Hall–Kier alpha value is -1.25. The van der Waals surface area contributed by atoms with Crippen molar-refractivity contribution in [1.29, 1.82) is 0 Å². The molecule has 1 unspecified atom stereocenters. The van der Waals surface area contributed by atoms with Crippen LogP contribution < -0.4 is 0 Å². The van der Waals surface area contributed by atoms with E-state index < -0.39 is 0 Å². The normalized spacial score (nSPS) is 18.8. The molecule has 1 aromatic rings. The number of aromatic nitrogens is 1. The molecule has 1 aliphatic rings. The minimum absolute atomic E-state index is 0.0297. The summed E-state index contributed by atoms with van der Waals surface area (Å²) in [5.41, 5.74) is 2.49. The maximum Gasteiger partial charge on any atom is 0.315 e. The second-order valence-electron chi connectivity index (χ2n) is 5.40. The molecule has 0 amide bonds. The summed E-state index contributed by atoms with van der Waals surface area (Å²) in [7, 11) is 0. The van der Waals surface area contributed by atoms with Gasteiger partial charge in [-0.15, -0.1) is 0 Å². The molecule has 18 heavy (non-hydrogen) atoms. The molecule has 100 valence electrons. The summed E-state index contributed by atoms with van der Waals surface area (Å²) in [5, 5.41) is 0. The van der Waals surface area contributed by atoms with Crippen molar-refractivity contribution in [2.24, 2.45) is 0 Å². The Bertz CT molecular complexity index is 420. The third kappa shape index (κ3) is 2.77. The highest BCUT2D eigenvalue weighted by Gasteiger charge is 2.29. The van der Waals surface area contributed by atoms with Crippen LogP contribution in [0.1, 0.15) is 57.2 Å². The van der Waals surface area contributed by atoms with E-state index in [1.165, 1.54) is 5.56 Å². The maximum atomic E-state index is 12.1. The van der Waals surface area contributed by atoms with Crippen LogP contribution in [0.5, 0.6) is 0 Å². The van der Waals surface area contributed by atoms with Gasteiger partial charge in [0.15, 0.2) is 0 Å². The number of hydrogen-bond donors (Lipinski definition) is 0. The van der Waals surface area contributed by atoms with Gasteiger partial charge in [0.05, 0.1) is 12.0 Å². The Morgan fingerprint density at radius 1 is 1.56 bits per heavy atom. The fraction of sp³-hybridized carbons (Fsp3) is 0.667. The summed E-state index contributed by atoms with van der Waals surface area (Å²) in [4.78, 5) is 12.1. The van der Waals surface area contributed by atoms with Gasteiger partial charge in [0, 0.05) is 18.4 Å². The minimum Gasteiger partial charge on any atom is -0.462 e. The zero-order valence-electron chi connectivity index (χ0n) is 11.6. The second kappa shape index (κ2) is 5.59. The van der Waals surface area contributed by atoms with Crippen LogP contribution in [-0.4, -0.2) is 16.6 Å². The molecular formula is C15H23NO2. The standard InChI is InChI=1S/C15H23NO2/c1-4-6-12-9-14-13(15(17)18-11(2)3)7-5-8-16(14)10-12/h9-11,13H,4-8H2,1-3H3. The number of aryl methyl sites for hydroxylation is 2. The monoisotopic (exact) mass is 249 g/mol. The Balaban J connectivity index is 2.18. The number of ether oxygens (including phenoxy) is 1. The maximum absolute atomic E-state index is 12.1. The lowest BCUT2D eigenvalue weighted by molar-refractivity contribution is -0.149. The quantitative estimate of drug-likeness (QED) is 0.767. The third-order valence-electron chi connectivity index (χ3n) is 3.41. The highest BCUT2D eigenvalue weighted by atomic mass is 16.5. The molecule has 0 spiro atoms. The third-order valence-corrected chi connectivity index (χ3v) is 3.41. The molecule has 0 N–H and O–H groups in total. The van der Waals surface area contributed by atoms with E-state index >= 15 is 0 Å². The fourth-order valence-electron chi connectivity index (χ4n) is 2.67. The largest absolute Gasteiger partial charge is 0.462 e. The summed E-state index contributed by atoms with van der Waals surface area (Å²) >= 11 is 0. The first-order chi connectivity index (χ1) is 8.61. The van der Waals surface area contributed by atoms with Gasteiger partial charge in [-0.05, 0) is 44.7 Å².